The van der Waals surface area contributed by atoms with Gasteiger partial charge in [0.15, 0.2) is 0 Å². The fraction of sp³-hybridized carbons (Fsp3) is 0.533. The van der Waals surface area contributed by atoms with Gasteiger partial charge in [-0.1, -0.05) is 25.0 Å². The molecule has 1 aliphatic carbocycles. The van der Waals surface area contributed by atoms with Crippen molar-refractivity contribution in [1.82, 2.24) is 0 Å². The zero-order chi connectivity index (χ0) is 13.0. The predicted molar refractivity (Wildman–Crippen MR) is 69.9 cm³/mol. The van der Waals surface area contributed by atoms with E-state index in [4.69, 9.17) is 9.84 Å². The molecular formula is C15H20O3. The Bertz CT molecular complexity index is 397. The number of hydrogen-bond donors (Lipinski definition) is 1. The molecule has 98 valence electrons. The second-order valence-electron chi connectivity index (χ2n) is 5.02. The number of hydrogen-bond acceptors (Lipinski definition) is 2. The van der Waals surface area contributed by atoms with Gasteiger partial charge in [-0.15, -0.1) is 0 Å². The standard InChI is InChI=1S/C15H20O3/c1-18-13-8-6-11(7-9-13)14-5-3-2-4-12(14)10-15(16)17/h6-9,12,14H,2-5,10H2,1H3,(H,16,17). The molecule has 1 N–H and O–H groups in total. The van der Waals surface area contributed by atoms with Crippen LogP contribution < -0.4 is 4.74 Å². The highest BCUT2D eigenvalue weighted by Gasteiger charge is 2.28. The molecule has 3 heteroatoms. The Morgan fingerprint density at radius 1 is 1.28 bits per heavy atom. The lowest BCUT2D eigenvalue weighted by Crippen LogP contribution is -2.20. The maximum atomic E-state index is 10.9. The minimum Gasteiger partial charge on any atom is -0.497 e. The van der Waals surface area contributed by atoms with Crippen molar-refractivity contribution in [2.24, 2.45) is 5.92 Å². The quantitative estimate of drug-likeness (QED) is 0.887. The van der Waals surface area contributed by atoms with E-state index >= 15 is 0 Å². The number of benzene rings is 1. The summed E-state index contributed by atoms with van der Waals surface area (Å²) in [5.74, 6) is 0.843. The molecule has 0 bridgehead atoms. The van der Waals surface area contributed by atoms with E-state index in [0.717, 1.165) is 25.0 Å². The summed E-state index contributed by atoms with van der Waals surface area (Å²) in [4.78, 5) is 10.9. The lowest BCUT2D eigenvalue weighted by Gasteiger charge is -2.31. The van der Waals surface area contributed by atoms with Gasteiger partial charge in [-0.05, 0) is 42.4 Å². The van der Waals surface area contributed by atoms with Crippen molar-refractivity contribution in [3.8, 4) is 5.75 Å². The molecule has 1 aromatic carbocycles. The average molecular weight is 248 g/mol. The maximum absolute atomic E-state index is 10.9. The number of carboxylic acids is 1. The Balaban J connectivity index is 2.13. The Morgan fingerprint density at radius 3 is 2.56 bits per heavy atom. The summed E-state index contributed by atoms with van der Waals surface area (Å²) in [5.41, 5.74) is 1.25. The van der Waals surface area contributed by atoms with Crippen LogP contribution in [0.15, 0.2) is 24.3 Å². The van der Waals surface area contributed by atoms with Gasteiger partial charge >= 0.3 is 5.97 Å². The van der Waals surface area contributed by atoms with Gasteiger partial charge in [0.05, 0.1) is 7.11 Å². The number of methoxy groups -OCH3 is 1. The number of carbonyl (C=O) groups is 1. The lowest BCUT2D eigenvalue weighted by molar-refractivity contribution is -0.138. The van der Waals surface area contributed by atoms with E-state index in [1.54, 1.807) is 7.11 Å². The highest BCUT2D eigenvalue weighted by atomic mass is 16.5. The summed E-state index contributed by atoms with van der Waals surface area (Å²) in [7, 11) is 1.66. The average Bonchev–Trinajstić information content (AvgIpc) is 2.39. The highest BCUT2D eigenvalue weighted by Crippen LogP contribution is 2.39. The van der Waals surface area contributed by atoms with Gasteiger partial charge < -0.3 is 9.84 Å². The molecule has 0 spiro atoms. The Hall–Kier alpha value is -1.51. The number of ether oxygens (including phenoxy) is 1. The summed E-state index contributed by atoms with van der Waals surface area (Å²) in [6, 6.07) is 8.07. The van der Waals surface area contributed by atoms with Crippen LogP contribution in [-0.2, 0) is 4.79 Å². The summed E-state index contributed by atoms with van der Waals surface area (Å²) in [6.07, 6.45) is 4.78. The highest BCUT2D eigenvalue weighted by molar-refractivity contribution is 5.67. The van der Waals surface area contributed by atoms with E-state index in [1.165, 1.54) is 12.0 Å². The normalized spacial score (nSPS) is 23.6. The molecule has 0 amide bonds. The Morgan fingerprint density at radius 2 is 1.94 bits per heavy atom. The fourth-order valence-corrected chi connectivity index (χ4v) is 2.97. The minimum atomic E-state index is -0.680. The topological polar surface area (TPSA) is 46.5 Å². The van der Waals surface area contributed by atoms with E-state index in [0.29, 0.717) is 5.92 Å². The van der Waals surface area contributed by atoms with E-state index < -0.39 is 5.97 Å². The molecule has 1 aliphatic rings. The second-order valence-corrected chi connectivity index (χ2v) is 5.02. The molecule has 0 radical (unpaired) electrons. The summed E-state index contributed by atoms with van der Waals surface area (Å²) < 4.78 is 5.15. The number of rotatable bonds is 4. The van der Waals surface area contributed by atoms with Crippen LogP contribution in [0.5, 0.6) is 5.75 Å². The van der Waals surface area contributed by atoms with Crippen molar-refractivity contribution in [3.05, 3.63) is 29.8 Å². The molecule has 0 aliphatic heterocycles. The van der Waals surface area contributed by atoms with Crippen LogP contribution in [0, 0.1) is 5.92 Å². The van der Waals surface area contributed by atoms with Gasteiger partial charge in [-0.3, -0.25) is 4.79 Å². The molecule has 1 aromatic rings. The zero-order valence-corrected chi connectivity index (χ0v) is 10.8. The van der Waals surface area contributed by atoms with Crippen molar-refractivity contribution >= 4 is 5.97 Å². The van der Waals surface area contributed by atoms with Crippen LogP contribution in [0.4, 0.5) is 0 Å². The van der Waals surface area contributed by atoms with Crippen molar-refractivity contribution in [2.75, 3.05) is 7.11 Å². The maximum Gasteiger partial charge on any atom is 0.303 e. The molecule has 0 saturated heterocycles. The van der Waals surface area contributed by atoms with Crippen LogP contribution in [0.2, 0.25) is 0 Å². The smallest absolute Gasteiger partial charge is 0.303 e. The second kappa shape index (κ2) is 5.89. The first-order valence-corrected chi connectivity index (χ1v) is 6.56. The van der Waals surface area contributed by atoms with Crippen LogP contribution in [-0.4, -0.2) is 18.2 Å². The van der Waals surface area contributed by atoms with Crippen LogP contribution in [0.25, 0.3) is 0 Å². The van der Waals surface area contributed by atoms with Gasteiger partial charge in [0.1, 0.15) is 5.75 Å². The third-order valence-corrected chi connectivity index (χ3v) is 3.89. The number of carboxylic acid groups (broad SMARTS) is 1. The first-order valence-electron chi connectivity index (χ1n) is 6.56. The molecule has 1 fully saturated rings. The predicted octanol–water partition coefficient (Wildman–Crippen LogP) is 3.44. The molecule has 2 rings (SSSR count). The van der Waals surface area contributed by atoms with Crippen molar-refractivity contribution in [3.63, 3.8) is 0 Å². The molecule has 0 heterocycles. The molecular weight excluding hydrogens is 228 g/mol. The van der Waals surface area contributed by atoms with Crippen LogP contribution in [0.1, 0.15) is 43.6 Å². The van der Waals surface area contributed by atoms with Crippen LogP contribution in [0.3, 0.4) is 0 Å². The van der Waals surface area contributed by atoms with Gasteiger partial charge in [0.25, 0.3) is 0 Å². The van der Waals surface area contributed by atoms with Gasteiger partial charge in [-0.2, -0.15) is 0 Å². The van der Waals surface area contributed by atoms with Crippen molar-refractivity contribution < 1.29 is 14.6 Å². The molecule has 18 heavy (non-hydrogen) atoms. The third-order valence-electron chi connectivity index (χ3n) is 3.89. The SMILES string of the molecule is COc1ccc(C2CCCCC2CC(=O)O)cc1. The largest absolute Gasteiger partial charge is 0.497 e. The molecule has 0 aromatic heterocycles. The van der Waals surface area contributed by atoms with Gasteiger partial charge in [0.2, 0.25) is 0 Å². The van der Waals surface area contributed by atoms with Crippen molar-refractivity contribution in [2.45, 2.75) is 38.0 Å². The monoisotopic (exact) mass is 248 g/mol. The van der Waals surface area contributed by atoms with E-state index in [-0.39, 0.29) is 12.3 Å². The number of aliphatic carboxylic acids is 1. The van der Waals surface area contributed by atoms with Crippen molar-refractivity contribution in [1.29, 1.82) is 0 Å². The molecule has 1 saturated carbocycles. The van der Waals surface area contributed by atoms with Gasteiger partial charge in [-0.25, -0.2) is 0 Å². The summed E-state index contributed by atoms with van der Waals surface area (Å²) in [6.45, 7) is 0. The summed E-state index contributed by atoms with van der Waals surface area (Å²) in [5, 5.41) is 8.99. The fourth-order valence-electron chi connectivity index (χ4n) is 2.97. The lowest BCUT2D eigenvalue weighted by atomic mass is 9.74. The summed E-state index contributed by atoms with van der Waals surface area (Å²) >= 11 is 0. The van der Waals surface area contributed by atoms with E-state index in [2.05, 4.69) is 12.1 Å². The van der Waals surface area contributed by atoms with Gasteiger partial charge in [0, 0.05) is 6.42 Å². The zero-order valence-electron chi connectivity index (χ0n) is 10.8. The molecule has 2 unspecified atom stereocenters. The first-order chi connectivity index (χ1) is 8.70. The molecule has 3 nitrogen and oxygen atoms in total. The first kappa shape index (κ1) is 12.9. The van der Waals surface area contributed by atoms with E-state index in [1.807, 2.05) is 12.1 Å². The Kier molecular flexibility index (Phi) is 4.24. The van der Waals surface area contributed by atoms with Crippen LogP contribution >= 0.6 is 0 Å². The Labute approximate surface area is 108 Å². The van der Waals surface area contributed by atoms with E-state index in [9.17, 15) is 4.79 Å². The minimum absolute atomic E-state index is 0.282. The molecule has 2 atom stereocenters. The third kappa shape index (κ3) is 3.03.